The molecule has 192 valence electrons. The molecule has 1 heterocycles. The van der Waals surface area contributed by atoms with E-state index in [1.807, 2.05) is 0 Å². The summed E-state index contributed by atoms with van der Waals surface area (Å²) in [6, 6.07) is 9.00. The van der Waals surface area contributed by atoms with Crippen molar-refractivity contribution in [2.45, 2.75) is 19.6 Å². The summed E-state index contributed by atoms with van der Waals surface area (Å²) in [7, 11) is 0. The van der Waals surface area contributed by atoms with Gasteiger partial charge in [0.2, 0.25) is 0 Å². The predicted octanol–water partition coefficient (Wildman–Crippen LogP) is 6.86. The Bertz CT molecular complexity index is 1210. The molecule has 3 aromatic rings. The number of benzene rings is 3. The third kappa shape index (κ3) is 6.08. The first-order chi connectivity index (χ1) is 17.0. The Labute approximate surface area is 201 Å². The molecule has 0 aliphatic carbocycles. The summed E-state index contributed by atoms with van der Waals surface area (Å²) in [6.07, 6.45) is -6.10. The van der Waals surface area contributed by atoms with Crippen LogP contribution in [0.1, 0.15) is 17.4 Å². The zero-order valence-corrected chi connectivity index (χ0v) is 18.7. The van der Waals surface area contributed by atoms with Gasteiger partial charge in [-0.25, -0.2) is 17.6 Å². The van der Waals surface area contributed by atoms with Crippen molar-refractivity contribution >= 4 is 0 Å². The second-order valence-electron chi connectivity index (χ2n) is 8.17. The van der Waals surface area contributed by atoms with E-state index in [2.05, 4.69) is 4.74 Å². The molecule has 4 nitrogen and oxygen atoms in total. The van der Waals surface area contributed by atoms with Crippen molar-refractivity contribution in [1.29, 1.82) is 0 Å². The van der Waals surface area contributed by atoms with Crippen molar-refractivity contribution in [3.8, 4) is 22.6 Å². The Balaban J connectivity index is 1.35. The first-order valence-corrected chi connectivity index (χ1v) is 10.7. The Hall–Kier alpha value is -3.31. The van der Waals surface area contributed by atoms with Crippen LogP contribution in [0.2, 0.25) is 0 Å². The lowest BCUT2D eigenvalue weighted by molar-refractivity contribution is -0.275. The summed E-state index contributed by atoms with van der Waals surface area (Å²) >= 11 is 0. The zero-order valence-electron chi connectivity index (χ0n) is 18.7. The fourth-order valence-corrected chi connectivity index (χ4v) is 3.61. The molecule has 0 spiro atoms. The highest BCUT2D eigenvalue weighted by Gasteiger charge is 2.33. The predicted molar refractivity (Wildman–Crippen MR) is 113 cm³/mol. The first kappa shape index (κ1) is 25.8. The topological polar surface area (TPSA) is 36.9 Å². The van der Waals surface area contributed by atoms with Crippen molar-refractivity contribution in [3.63, 3.8) is 0 Å². The molecule has 0 unspecified atom stereocenters. The SMILES string of the molecule is Cc1ccc(-c2cc(F)c(OCC3COC(c4ccc(OC(F)(F)F)c(F)c4)OC3)c(F)c2)c(F)c1. The third-order valence-corrected chi connectivity index (χ3v) is 5.32. The quantitative estimate of drug-likeness (QED) is 0.336. The van der Waals surface area contributed by atoms with Gasteiger partial charge in [-0.3, -0.25) is 0 Å². The van der Waals surface area contributed by atoms with Gasteiger partial charge in [-0.05, 0) is 48.4 Å². The van der Waals surface area contributed by atoms with E-state index in [1.165, 1.54) is 12.1 Å². The maximum absolute atomic E-state index is 14.6. The summed E-state index contributed by atoms with van der Waals surface area (Å²) in [5, 5.41) is 0. The van der Waals surface area contributed by atoms with Gasteiger partial charge in [-0.15, -0.1) is 13.2 Å². The normalized spacial score (nSPS) is 18.2. The molecule has 0 atom stereocenters. The zero-order chi connectivity index (χ0) is 26.0. The number of aryl methyl sites for hydroxylation is 1. The highest BCUT2D eigenvalue weighted by atomic mass is 19.4. The molecule has 1 aliphatic heterocycles. The molecular formula is C25H19F7O4. The number of hydrogen-bond acceptors (Lipinski definition) is 4. The maximum Gasteiger partial charge on any atom is 0.573 e. The summed E-state index contributed by atoms with van der Waals surface area (Å²) < 4.78 is 114. The van der Waals surface area contributed by atoms with E-state index in [1.54, 1.807) is 13.0 Å². The number of alkyl halides is 3. The minimum atomic E-state index is -5.04. The van der Waals surface area contributed by atoms with Crippen LogP contribution in [0.25, 0.3) is 11.1 Å². The lowest BCUT2D eigenvalue weighted by atomic mass is 10.0. The minimum absolute atomic E-state index is 0.00296. The van der Waals surface area contributed by atoms with Crippen LogP contribution in [0.15, 0.2) is 48.5 Å². The lowest BCUT2D eigenvalue weighted by Crippen LogP contribution is -2.31. The molecule has 1 saturated heterocycles. The van der Waals surface area contributed by atoms with Crippen molar-refractivity contribution in [3.05, 3.63) is 82.9 Å². The van der Waals surface area contributed by atoms with Gasteiger partial charge in [0.15, 0.2) is 35.2 Å². The van der Waals surface area contributed by atoms with E-state index in [4.69, 9.17) is 14.2 Å². The van der Waals surface area contributed by atoms with Crippen LogP contribution in [0.4, 0.5) is 30.7 Å². The largest absolute Gasteiger partial charge is 0.573 e. The molecular weight excluding hydrogens is 497 g/mol. The molecule has 4 rings (SSSR count). The van der Waals surface area contributed by atoms with Gasteiger partial charge in [-0.2, -0.15) is 0 Å². The van der Waals surface area contributed by atoms with Gasteiger partial charge >= 0.3 is 6.36 Å². The standard InChI is InChI=1S/C25H19F7O4/c1-13-2-4-17(18(26)6-13)16-8-20(28)23(21(29)9-16)33-10-14-11-34-24(35-12-14)15-3-5-22(19(27)7-15)36-25(30,31)32/h2-9,14,24H,10-12H2,1H3. The lowest BCUT2D eigenvalue weighted by Gasteiger charge is -2.29. The minimum Gasteiger partial charge on any atom is -0.487 e. The second kappa shape index (κ2) is 10.4. The average molecular weight is 516 g/mol. The van der Waals surface area contributed by atoms with Crippen LogP contribution in [-0.4, -0.2) is 26.2 Å². The summed E-state index contributed by atoms with van der Waals surface area (Å²) in [5.41, 5.74) is 0.840. The average Bonchev–Trinajstić information content (AvgIpc) is 2.79. The Kier molecular flexibility index (Phi) is 7.41. The van der Waals surface area contributed by atoms with Crippen molar-refractivity contribution in [2.24, 2.45) is 5.92 Å². The van der Waals surface area contributed by atoms with Crippen LogP contribution in [0.5, 0.6) is 11.5 Å². The number of rotatable bonds is 6. The fourth-order valence-electron chi connectivity index (χ4n) is 3.61. The highest BCUT2D eigenvalue weighted by molar-refractivity contribution is 5.65. The molecule has 0 aromatic heterocycles. The van der Waals surface area contributed by atoms with Gasteiger partial charge in [0, 0.05) is 17.0 Å². The Morgan fingerprint density at radius 3 is 2.08 bits per heavy atom. The monoisotopic (exact) mass is 516 g/mol. The summed E-state index contributed by atoms with van der Waals surface area (Å²) in [5.74, 6) is -5.98. The highest BCUT2D eigenvalue weighted by Crippen LogP contribution is 2.33. The molecule has 11 heteroatoms. The van der Waals surface area contributed by atoms with Gasteiger partial charge in [0.05, 0.1) is 19.8 Å². The Morgan fingerprint density at radius 2 is 1.50 bits per heavy atom. The Morgan fingerprint density at radius 1 is 0.833 bits per heavy atom. The van der Waals surface area contributed by atoms with Crippen molar-refractivity contribution in [1.82, 2.24) is 0 Å². The van der Waals surface area contributed by atoms with Crippen LogP contribution in [-0.2, 0) is 9.47 Å². The first-order valence-electron chi connectivity index (χ1n) is 10.7. The van der Waals surface area contributed by atoms with Gasteiger partial charge in [-0.1, -0.05) is 18.2 Å². The maximum atomic E-state index is 14.6. The molecule has 0 radical (unpaired) electrons. The van der Waals surface area contributed by atoms with E-state index < -0.39 is 53.3 Å². The summed E-state index contributed by atoms with van der Waals surface area (Å²) in [4.78, 5) is 0. The molecule has 0 amide bonds. The van der Waals surface area contributed by atoms with Crippen molar-refractivity contribution < 1.29 is 49.7 Å². The number of halogens is 7. The van der Waals surface area contributed by atoms with Gasteiger partial charge in [0.1, 0.15) is 5.82 Å². The van der Waals surface area contributed by atoms with Crippen LogP contribution in [0, 0.1) is 36.1 Å². The molecule has 3 aromatic carbocycles. The molecule has 0 saturated carbocycles. The van der Waals surface area contributed by atoms with Crippen LogP contribution < -0.4 is 9.47 Å². The van der Waals surface area contributed by atoms with Crippen LogP contribution in [0.3, 0.4) is 0 Å². The third-order valence-electron chi connectivity index (χ3n) is 5.32. The van der Waals surface area contributed by atoms with Crippen molar-refractivity contribution in [2.75, 3.05) is 19.8 Å². The second-order valence-corrected chi connectivity index (χ2v) is 8.17. The number of ether oxygens (including phenoxy) is 4. The van der Waals surface area contributed by atoms with Gasteiger partial charge < -0.3 is 18.9 Å². The number of hydrogen-bond donors (Lipinski definition) is 0. The van der Waals surface area contributed by atoms with E-state index >= 15 is 0 Å². The summed E-state index contributed by atoms with van der Waals surface area (Å²) in [6.45, 7) is 1.50. The van der Waals surface area contributed by atoms with Crippen LogP contribution >= 0.6 is 0 Å². The molecule has 1 fully saturated rings. The van der Waals surface area contributed by atoms with Gasteiger partial charge in [0.25, 0.3) is 0 Å². The smallest absolute Gasteiger partial charge is 0.487 e. The van der Waals surface area contributed by atoms with E-state index in [0.29, 0.717) is 5.56 Å². The molecule has 1 aliphatic rings. The van der Waals surface area contributed by atoms with E-state index in [9.17, 15) is 30.7 Å². The fraction of sp³-hybridized carbons (Fsp3) is 0.280. The molecule has 36 heavy (non-hydrogen) atoms. The molecule has 0 N–H and O–H groups in total. The van der Waals surface area contributed by atoms with E-state index in [0.717, 1.165) is 30.3 Å². The molecule has 0 bridgehead atoms. The van der Waals surface area contributed by atoms with E-state index in [-0.39, 0.29) is 36.5 Å².